The van der Waals surface area contributed by atoms with E-state index in [0.717, 1.165) is 17.8 Å². The predicted octanol–water partition coefficient (Wildman–Crippen LogP) is 3.88. The van der Waals surface area contributed by atoms with Crippen molar-refractivity contribution < 1.29 is 0 Å². The van der Waals surface area contributed by atoms with Crippen LogP contribution < -0.4 is 4.90 Å². The highest BCUT2D eigenvalue weighted by Crippen LogP contribution is 2.31. The van der Waals surface area contributed by atoms with Crippen molar-refractivity contribution in [2.45, 2.75) is 52.5 Å². The molecule has 1 heterocycles. The molecule has 1 aromatic heterocycles. The fraction of sp³-hybridized carbons (Fsp3) is 0.692. The minimum atomic E-state index is 0.329. The Kier molecular flexibility index (Phi) is 5.19. The first-order valence-corrected chi connectivity index (χ1v) is 6.60. The summed E-state index contributed by atoms with van der Waals surface area (Å²) in [4.78, 5) is 10.7. The lowest BCUT2D eigenvalue weighted by Crippen LogP contribution is -2.30. The van der Waals surface area contributed by atoms with Crippen LogP contribution in [0.15, 0.2) is 6.33 Å². The molecule has 17 heavy (non-hydrogen) atoms. The van der Waals surface area contributed by atoms with Gasteiger partial charge in [0.1, 0.15) is 17.3 Å². The van der Waals surface area contributed by atoms with E-state index in [1.54, 1.807) is 6.33 Å². The van der Waals surface area contributed by atoms with Gasteiger partial charge in [-0.3, -0.25) is 0 Å². The monoisotopic (exact) mass is 255 g/mol. The quantitative estimate of drug-likeness (QED) is 0.748. The van der Waals surface area contributed by atoms with Gasteiger partial charge < -0.3 is 4.90 Å². The Labute approximate surface area is 109 Å². The van der Waals surface area contributed by atoms with Gasteiger partial charge in [-0.25, -0.2) is 9.97 Å². The van der Waals surface area contributed by atoms with Crippen molar-refractivity contribution in [3.63, 3.8) is 0 Å². The van der Waals surface area contributed by atoms with Gasteiger partial charge in [-0.2, -0.15) is 0 Å². The number of hydrogen-bond acceptors (Lipinski definition) is 3. The summed E-state index contributed by atoms with van der Waals surface area (Å²) in [7, 11) is 2.07. The molecule has 4 heteroatoms. The number of nitrogens with zero attached hydrogens (tertiary/aromatic N) is 3. The minimum Gasteiger partial charge on any atom is -0.357 e. The highest BCUT2D eigenvalue weighted by atomic mass is 35.5. The van der Waals surface area contributed by atoms with Gasteiger partial charge in [-0.15, -0.1) is 0 Å². The number of rotatable bonds is 5. The number of hydrogen-bond donors (Lipinski definition) is 0. The molecular weight excluding hydrogens is 234 g/mol. The smallest absolute Gasteiger partial charge is 0.138 e. The predicted molar refractivity (Wildman–Crippen MR) is 73.9 cm³/mol. The fourth-order valence-corrected chi connectivity index (χ4v) is 2.31. The van der Waals surface area contributed by atoms with Gasteiger partial charge >= 0.3 is 0 Å². The molecule has 0 bridgehead atoms. The standard InChI is InChI=1S/C13H22ClN3/c1-6-7-10(4)17(5)13-11(9(2)3)12(14)15-8-16-13/h8-10H,6-7H2,1-5H3. The third-order valence-electron chi connectivity index (χ3n) is 3.09. The lowest BCUT2D eigenvalue weighted by Gasteiger charge is -2.28. The van der Waals surface area contributed by atoms with Crippen LogP contribution in [0.3, 0.4) is 0 Å². The largest absolute Gasteiger partial charge is 0.357 e. The van der Waals surface area contributed by atoms with Gasteiger partial charge in [0.15, 0.2) is 0 Å². The highest BCUT2D eigenvalue weighted by Gasteiger charge is 2.19. The molecular formula is C13H22ClN3. The Morgan fingerprint density at radius 2 is 1.94 bits per heavy atom. The van der Waals surface area contributed by atoms with Gasteiger partial charge in [0.05, 0.1) is 0 Å². The van der Waals surface area contributed by atoms with Crippen LogP contribution in [0.4, 0.5) is 5.82 Å². The molecule has 0 fully saturated rings. The summed E-state index contributed by atoms with van der Waals surface area (Å²) in [6.07, 6.45) is 3.86. The van der Waals surface area contributed by atoms with Crippen LogP contribution in [0, 0.1) is 0 Å². The number of aromatic nitrogens is 2. The van der Waals surface area contributed by atoms with E-state index in [9.17, 15) is 0 Å². The van der Waals surface area contributed by atoms with E-state index in [1.807, 2.05) is 0 Å². The van der Waals surface area contributed by atoms with Crippen molar-refractivity contribution in [1.29, 1.82) is 0 Å². The molecule has 96 valence electrons. The van der Waals surface area contributed by atoms with Crippen molar-refractivity contribution in [1.82, 2.24) is 9.97 Å². The van der Waals surface area contributed by atoms with E-state index in [0.29, 0.717) is 17.1 Å². The summed E-state index contributed by atoms with van der Waals surface area (Å²) in [6.45, 7) is 8.64. The normalized spacial score (nSPS) is 12.9. The molecule has 0 aliphatic carbocycles. The van der Waals surface area contributed by atoms with E-state index in [4.69, 9.17) is 11.6 Å². The second-order valence-corrected chi connectivity index (χ2v) is 5.16. The first kappa shape index (κ1) is 14.2. The zero-order valence-corrected chi connectivity index (χ0v) is 12.1. The molecule has 1 rings (SSSR count). The topological polar surface area (TPSA) is 29.0 Å². The molecule has 0 aromatic carbocycles. The molecule has 1 aromatic rings. The SMILES string of the molecule is CCCC(C)N(C)c1ncnc(Cl)c1C(C)C. The van der Waals surface area contributed by atoms with E-state index in [1.165, 1.54) is 6.42 Å². The molecule has 1 atom stereocenters. The Hall–Kier alpha value is -0.830. The average molecular weight is 256 g/mol. The molecule has 0 spiro atoms. The van der Waals surface area contributed by atoms with Crippen LogP contribution in [0.25, 0.3) is 0 Å². The second kappa shape index (κ2) is 6.20. The molecule has 0 radical (unpaired) electrons. The first-order valence-electron chi connectivity index (χ1n) is 6.22. The van der Waals surface area contributed by atoms with Crippen molar-refractivity contribution >= 4 is 17.4 Å². The lowest BCUT2D eigenvalue weighted by atomic mass is 10.0. The third kappa shape index (κ3) is 3.32. The Morgan fingerprint density at radius 1 is 1.29 bits per heavy atom. The van der Waals surface area contributed by atoms with Gasteiger partial charge in [0.2, 0.25) is 0 Å². The molecule has 1 unspecified atom stereocenters. The summed E-state index contributed by atoms with van der Waals surface area (Å²) in [5.74, 6) is 1.29. The first-order chi connectivity index (χ1) is 7.99. The summed E-state index contributed by atoms with van der Waals surface area (Å²) < 4.78 is 0. The minimum absolute atomic E-state index is 0.329. The van der Waals surface area contributed by atoms with Crippen LogP contribution in [-0.2, 0) is 0 Å². The van der Waals surface area contributed by atoms with Crippen molar-refractivity contribution in [3.8, 4) is 0 Å². The molecule has 0 aliphatic heterocycles. The van der Waals surface area contributed by atoms with Crippen LogP contribution in [0.2, 0.25) is 5.15 Å². The Morgan fingerprint density at radius 3 is 2.47 bits per heavy atom. The van der Waals surface area contributed by atoms with E-state index in [-0.39, 0.29) is 0 Å². The maximum absolute atomic E-state index is 6.17. The van der Waals surface area contributed by atoms with Crippen LogP contribution in [0.1, 0.15) is 52.0 Å². The average Bonchev–Trinajstić information content (AvgIpc) is 2.27. The van der Waals surface area contributed by atoms with Gasteiger partial charge in [-0.05, 0) is 19.3 Å². The number of anilines is 1. The summed E-state index contributed by atoms with van der Waals surface area (Å²) in [5.41, 5.74) is 1.04. The van der Waals surface area contributed by atoms with Crippen LogP contribution in [0.5, 0.6) is 0 Å². The zero-order chi connectivity index (χ0) is 13.0. The zero-order valence-electron chi connectivity index (χ0n) is 11.4. The van der Waals surface area contributed by atoms with Gasteiger partial charge in [0, 0.05) is 18.7 Å². The van der Waals surface area contributed by atoms with E-state index >= 15 is 0 Å². The molecule has 0 N–H and O–H groups in total. The maximum atomic E-state index is 6.17. The fourth-order valence-electron chi connectivity index (χ4n) is 1.96. The molecule has 0 saturated heterocycles. The van der Waals surface area contributed by atoms with Crippen molar-refractivity contribution in [2.75, 3.05) is 11.9 Å². The van der Waals surface area contributed by atoms with E-state index < -0.39 is 0 Å². The van der Waals surface area contributed by atoms with Crippen LogP contribution in [-0.4, -0.2) is 23.1 Å². The van der Waals surface area contributed by atoms with E-state index in [2.05, 4.69) is 49.6 Å². The highest BCUT2D eigenvalue weighted by molar-refractivity contribution is 6.30. The summed E-state index contributed by atoms with van der Waals surface area (Å²) in [5, 5.41) is 0.570. The summed E-state index contributed by atoms with van der Waals surface area (Å²) in [6, 6.07) is 0.462. The molecule has 0 amide bonds. The van der Waals surface area contributed by atoms with Crippen LogP contribution >= 0.6 is 11.6 Å². The van der Waals surface area contributed by atoms with Crippen molar-refractivity contribution in [3.05, 3.63) is 17.0 Å². The number of halogens is 1. The maximum Gasteiger partial charge on any atom is 0.138 e. The van der Waals surface area contributed by atoms with Crippen molar-refractivity contribution in [2.24, 2.45) is 0 Å². The Balaban J connectivity index is 3.08. The summed E-state index contributed by atoms with van der Waals surface area (Å²) >= 11 is 6.17. The van der Waals surface area contributed by atoms with Gasteiger partial charge in [0.25, 0.3) is 0 Å². The molecule has 0 aliphatic rings. The Bertz CT molecular complexity index is 366. The third-order valence-corrected chi connectivity index (χ3v) is 3.39. The molecule has 0 saturated carbocycles. The second-order valence-electron chi connectivity index (χ2n) is 4.81. The lowest BCUT2D eigenvalue weighted by molar-refractivity contribution is 0.606. The van der Waals surface area contributed by atoms with Gasteiger partial charge in [-0.1, -0.05) is 38.8 Å². The molecule has 3 nitrogen and oxygen atoms in total.